The van der Waals surface area contributed by atoms with E-state index in [1.807, 2.05) is 60.9 Å². The molecule has 0 aliphatic rings. The number of benzene rings is 2. The molecule has 5 aromatic rings. The van der Waals surface area contributed by atoms with Crippen molar-refractivity contribution in [3.05, 3.63) is 88.4 Å². The molecular weight excluding hydrogens is 400 g/mol. The SMILES string of the molecule is CCC(Nc1ncnc2[nH]cnc12)c1cc2cccc(C)c2c(=O)n1-c1ccccc1C. The Morgan fingerprint density at radius 2 is 1.84 bits per heavy atom. The molecule has 7 heteroatoms. The topological polar surface area (TPSA) is 88.5 Å². The van der Waals surface area contributed by atoms with Crippen LogP contribution in [0, 0.1) is 13.8 Å². The van der Waals surface area contributed by atoms with Crippen molar-refractivity contribution >= 4 is 27.8 Å². The molecule has 0 saturated heterocycles. The molecular formula is C25H24N6O. The number of hydrogen-bond acceptors (Lipinski definition) is 5. The summed E-state index contributed by atoms with van der Waals surface area (Å²) < 4.78 is 1.84. The van der Waals surface area contributed by atoms with Crippen LogP contribution in [0.2, 0.25) is 0 Å². The molecule has 0 amide bonds. The number of hydrogen-bond donors (Lipinski definition) is 2. The fourth-order valence-corrected chi connectivity index (χ4v) is 4.30. The van der Waals surface area contributed by atoms with Gasteiger partial charge >= 0.3 is 0 Å². The quantitative estimate of drug-likeness (QED) is 0.422. The maximum atomic E-state index is 13.9. The molecule has 7 nitrogen and oxygen atoms in total. The number of nitrogens with zero attached hydrogens (tertiary/aromatic N) is 4. The van der Waals surface area contributed by atoms with Crippen molar-refractivity contribution in [3.63, 3.8) is 0 Å². The standard InChI is InChI=1S/C25H24N6O/c1-4-18(30-24-22-23(27-13-26-22)28-14-29-24)20-12-17-10-7-9-16(3)21(17)25(32)31(20)19-11-6-5-8-15(19)2/h5-14,18H,4H2,1-3H3,(H2,26,27,28,29,30). The zero-order valence-electron chi connectivity index (χ0n) is 18.3. The van der Waals surface area contributed by atoms with Crippen molar-refractivity contribution in [2.45, 2.75) is 33.2 Å². The third-order valence-electron chi connectivity index (χ3n) is 5.93. The van der Waals surface area contributed by atoms with Gasteiger partial charge in [-0.15, -0.1) is 0 Å². The normalized spacial score (nSPS) is 12.3. The van der Waals surface area contributed by atoms with Gasteiger partial charge < -0.3 is 10.3 Å². The zero-order chi connectivity index (χ0) is 22.2. The Morgan fingerprint density at radius 1 is 1.03 bits per heavy atom. The van der Waals surface area contributed by atoms with Crippen LogP contribution >= 0.6 is 0 Å². The maximum Gasteiger partial charge on any atom is 0.263 e. The van der Waals surface area contributed by atoms with Crippen LogP contribution in [0.5, 0.6) is 0 Å². The van der Waals surface area contributed by atoms with Crippen LogP contribution in [-0.2, 0) is 0 Å². The average Bonchev–Trinajstić information content (AvgIpc) is 3.28. The Hall–Kier alpha value is -4.00. The van der Waals surface area contributed by atoms with Gasteiger partial charge in [0.05, 0.1) is 23.4 Å². The lowest BCUT2D eigenvalue weighted by atomic mass is 10.0. The lowest BCUT2D eigenvalue weighted by Gasteiger charge is -2.24. The van der Waals surface area contributed by atoms with E-state index in [-0.39, 0.29) is 11.6 Å². The summed E-state index contributed by atoms with van der Waals surface area (Å²) in [6.07, 6.45) is 3.86. The Bertz CT molecular complexity index is 1500. The number of nitrogens with one attached hydrogen (secondary N) is 2. The highest BCUT2D eigenvalue weighted by Gasteiger charge is 2.21. The molecule has 0 bridgehead atoms. The molecule has 0 radical (unpaired) electrons. The second-order valence-electron chi connectivity index (χ2n) is 7.96. The lowest BCUT2D eigenvalue weighted by Crippen LogP contribution is -2.27. The van der Waals surface area contributed by atoms with E-state index in [9.17, 15) is 4.79 Å². The van der Waals surface area contributed by atoms with E-state index in [0.29, 0.717) is 17.0 Å². The van der Waals surface area contributed by atoms with Crippen LogP contribution in [-0.4, -0.2) is 24.5 Å². The number of imidazole rings is 1. The minimum absolute atomic E-state index is 0.0160. The first-order valence-electron chi connectivity index (χ1n) is 10.7. The van der Waals surface area contributed by atoms with Gasteiger partial charge in [-0.05, 0) is 48.9 Å². The second kappa shape index (κ2) is 7.92. The Balaban J connectivity index is 1.76. The number of aryl methyl sites for hydroxylation is 2. The summed E-state index contributed by atoms with van der Waals surface area (Å²) in [7, 11) is 0. The summed E-state index contributed by atoms with van der Waals surface area (Å²) in [6.45, 7) is 6.10. The first-order valence-corrected chi connectivity index (χ1v) is 10.7. The summed E-state index contributed by atoms with van der Waals surface area (Å²) in [5.74, 6) is 0.635. The highest BCUT2D eigenvalue weighted by atomic mass is 16.1. The van der Waals surface area contributed by atoms with Crippen LogP contribution in [0.3, 0.4) is 0 Å². The molecule has 0 spiro atoms. The predicted octanol–water partition coefficient (Wildman–Crippen LogP) is 4.84. The maximum absolute atomic E-state index is 13.9. The number of aromatic amines is 1. The molecule has 0 aliphatic heterocycles. The van der Waals surface area contributed by atoms with Gasteiger partial charge in [0.25, 0.3) is 5.56 Å². The van der Waals surface area contributed by atoms with E-state index in [1.165, 1.54) is 6.33 Å². The number of aromatic nitrogens is 5. The van der Waals surface area contributed by atoms with Gasteiger partial charge in [0, 0.05) is 5.69 Å². The molecule has 160 valence electrons. The molecule has 0 aliphatic carbocycles. The van der Waals surface area contributed by atoms with E-state index < -0.39 is 0 Å². The van der Waals surface area contributed by atoms with Crippen molar-refractivity contribution in [3.8, 4) is 5.69 Å². The third-order valence-corrected chi connectivity index (χ3v) is 5.93. The van der Waals surface area contributed by atoms with Crippen molar-refractivity contribution in [2.75, 3.05) is 5.32 Å². The van der Waals surface area contributed by atoms with Crippen molar-refractivity contribution in [1.29, 1.82) is 0 Å². The number of pyridine rings is 1. The monoisotopic (exact) mass is 424 g/mol. The minimum atomic E-state index is -0.165. The third kappa shape index (κ3) is 3.22. The predicted molar refractivity (Wildman–Crippen MR) is 127 cm³/mol. The molecule has 3 heterocycles. The van der Waals surface area contributed by atoms with Gasteiger partial charge in [-0.3, -0.25) is 9.36 Å². The number of rotatable bonds is 5. The summed E-state index contributed by atoms with van der Waals surface area (Å²) in [5, 5.41) is 5.19. The van der Waals surface area contributed by atoms with Gasteiger partial charge in [-0.1, -0.05) is 43.3 Å². The first kappa shape index (κ1) is 19.9. The van der Waals surface area contributed by atoms with E-state index in [0.717, 1.165) is 39.7 Å². The fraction of sp³-hybridized carbons (Fsp3) is 0.200. The van der Waals surface area contributed by atoms with Crippen LogP contribution < -0.4 is 10.9 Å². The lowest BCUT2D eigenvalue weighted by molar-refractivity contribution is 0.688. The molecule has 3 aromatic heterocycles. The molecule has 2 N–H and O–H groups in total. The van der Waals surface area contributed by atoms with Crippen molar-refractivity contribution in [1.82, 2.24) is 24.5 Å². The Morgan fingerprint density at radius 3 is 2.66 bits per heavy atom. The van der Waals surface area contributed by atoms with E-state index in [2.05, 4.69) is 38.2 Å². The van der Waals surface area contributed by atoms with Gasteiger partial charge in [0.2, 0.25) is 0 Å². The molecule has 1 unspecified atom stereocenters. The highest BCUT2D eigenvalue weighted by molar-refractivity contribution is 5.86. The average molecular weight is 425 g/mol. The zero-order valence-corrected chi connectivity index (χ0v) is 18.3. The first-order chi connectivity index (χ1) is 15.6. The minimum Gasteiger partial charge on any atom is -0.360 e. The Labute approximate surface area is 185 Å². The van der Waals surface area contributed by atoms with Gasteiger partial charge in [0.15, 0.2) is 11.5 Å². The largest absolute Gasteiger partial charge is 0.360 e. The van der Waals surface area contributed by atoms with E-state index >= 15 is 0 Å². The van der Waals surface area contributed by atoms with E-state index in [1.54, 1.807) is 6.33 Å². The number of H-pyrrole nitrogens is 1. The summed E-state index contributed by atoms with van der Waals surface area (Å²) in [6, 6.07) is 15.9. The number of fused-ring (bicyclic) bond motifs is 2. The number of para-hydroxylation sites is 1. The van der Waals surface area contributed by atoms with Crippen molar-refractivity contribution in [2.24, 2.45) is 0 Å². The molecule has 5 rings (SSSR count). The Kier molecular flexibility index (Phi) is 4.93. The van der Waals surface area contributed by atoms with Crippen molar-refractivity contribution < 1.29 is 0 Å². The number of anilines is 1. The smallest absolute Gasteiger partial charge is 0.263 e. The fourth-order valence-electron chi connectivity index (χ4n) is 4.30. The van der Waals surface area contributed by atoms with E-state index in [4.69, 9.17) is 0 Å². The second-order valence-corrected chi connectivity index (χ2v) is 7.96. The van der Waals surface area contributed by atoms with Gasteiger partial charge in [-0.25, -0.2) is 15.0 Å². The summed E-state index contributed by atoms with van der Waals surface area (Å²) >= 11 is 0. The van der Waals surface area contributed by atoms with Gasteiger partial charge in [-0.2, -0.15) is 0 Å². The van der Waals surface area contributed by atoms with Crippen LogP contribution in [0.1, 0.15) is 36.2 Å². The molecule has 0 saturated carbocycles. The molecule has 2 aromatic carbocycles. The highest BCUT2D eigenvalue weighted by Crippen LogP contribution is 2.29. The molecule has 1 atom stereocenters. The summed E-state index contributed by atoms with van der Waals surface area (Å²) in [4.78, 5) is 29.9. The van der Waals surface area contributed by atoms with Crippen LogP contribution in [0.25, 0.3) is 27.6 Å². The van der Waals surface area contributed by atoms with Gasteiger partial charge in [0.1, 0.15) is 11.8 Å². The summed E-state index contributed by atoms with van der Waals surface area (Å²) in [5.41, 5.74) is 5.09. The molecule has 32 heavy (non-hydrogen) atoms. The van der Waals surface area contributed by atoms with Crippen LogP contribution in [0.4, 0.5) is 5.82 Å². The molecule has 0 fully saturated rings. The van der Waals surface area contributed by atoms with Crippen LogP contribution in [0.15, 0.2) is 66.0 Å².